The Hall–Kier alpha value is -3.36. The Morgan fingerprint density at radius 2 is 1.61 bits per heavy atom. The number of alkyl halides is 3. The van der Waals surface area contributed by atoms with Crippen LogP contribution in [0.3, 0.4) is 0 Å². The predicted octanol–water partition coefficient (Wildman–Crippen LogP) is 5.93. The molecular formula is C22H14F3N5V. The first-order chi connectivity index (χ1) is 14.5. The number of H-pyrrole nitrogens is 1. The Kier molecular flexibility index (Phi) is 5.43. The topological polar surface area (TPSA) is 66.5 Å². The van der Waals surface area contributed by atoms with Gasteiger partial charge in [0.25, 0.3) is 0 Å². The molecule has 5 nitrogen and oxygen atoms in total. The number of rotatable bonds is 3. The number of aromatic amines is 1. The molecule has 0 bridgehead atoms. The zero-order valence-electron chi connectivity index (χ0n) is 15.9. The van der Waals surface area contributed by atoms with Crippen LogP contribution in [-0.4, -0.2) is 20.2 Å². The molecule has 2 N–H and O–H groups in total. The van der Waals surface area contributed by atoms with Gasteiger partial charge in [0.2, 0.25) is 0 Å². The molecule has 3 aromatic heterocycles. The van der Waals surface area contributed by atoms with Crippen LogP contribution in [0, 0.1) is 0 Å². The molecule has 0 amide bonds. The molecule has 5 aromatic rings. The Morgan fingerprint density at radius 3 is 2.45 bits per heavy atom. The molecule has 0 atom stereocenters. The van der Waals surface area contributed by atoms with Crippen molar-refractivity contribution in [2.45, 2.75) is 6.18 Å². The van der Waals surface area contributed by atoms with Crippen molar-refractivity contribution in [3.05, 3.63) is 78.5 Å². The van der Waals surface area contributed by atoms with Crippen LogP contribution in [0.25, 0.3) is 33.2 Å². The molecule has 0 unspecified atom stereocenters. The van der Waals surface area contributed by atoms with Gasteiger partial charge in [0.05, 0.1) is 22.5 Å². The fourth-order valence-corrected chi connectivity index (χ4v) is 3.44. The minimum atomic E-state index is -4.50. The van der Waals surface area contributed by atoms with Crippen LogP contribution >= 0.6 is 0 Å². The van der Waals surface area contributed by atoms with Crippen LogP contribution in [-0.2, 0) is 24.7 Å². The maximum Gasteiger partial charge on any atom is 0.417 e. The number of benzene rings is 2. The molecule has 0 saturated heterocycles. The van der Waals surface area contributed by atoms with Gasteiger partial charge in [-0.05, 0) is 36.4 Å². The third-order valence-electron chi connectivity index (χ3n) is 4.82. The first-order valence-electron chi connectivity index (χ1n) is 9.13. The minimum absolute atomic E-state index is 0. The van der Waals surface area contributed by atoms with Gasteiger partial charge in [-0.25, -0.2) is 9.97 Å². The van der Waals surface area contributed by atoms with E-state index in [1.54, 1.807) is 24.4 Å². The van der Waals surface area contributed by atoms with Crippen LogP contribution in [0.2, 0.25) is 0 Å². The van der Waals surface area contributed by atoms with Crippen LogP contribution < -0.4 is 5.32 Å². The van der Waals surface area contributed by atoms with E-state index in [1.807, 2.05) is 30.3 Å². The Labute approximate surface area is 186 Å². The van der Waals surface area contributed by atoms with Crippen molar-refractivity contribution >= 4 is 33.4 Å². The largest absolute Gasteiger partial charge is 0.417 e. The van der Waals surface area contributed by atoms with E-state index >= 15 is 0 Å². The van der Waals surface area contributed by atoms with Gasteiger partial charge in [0, 0.05) is 41.1 Å². The van der Waals surface area contributed by atoms with E-state index in [1.165, 1.54) is 12.1 Å². The molecule has 0 saturated carbocycles. The van der Waals surface area contributed by atoms with Crippen LogP contribution in [0.1, 0.15) is 5.56 Å². The molecule has 2 aromatic carbocycles. The van der Waals surface area contributed by atoms with Gasteiger partial charge in [0.1, 0.15) is 0 Å². The summed E-state index contributed by atoms with van der Waals surface area (Å²) >= 11 is 0. The van der Waals surface area contributed by atoms with Crippen molar-refractivity contribution in [2.75, 3.05) is 5.32 Å². The fraction of sp³-hybridized carbons (Fsp3) is 0.0455. The number of pyridine rings is 2. The zero-order valence-corrected chi connectivity index (χ0v) is 17.2. The average Bonchev–Trinajstić information content (AvgIpc) is 3.16. The van der Waals surface area contributed by atoms with Gasteiger partial charge >= 0.3 is 6.18 Å². The monoisotopic (exact) mass is 456 g/mol. The summed E-state index contributed by atoms with van der Waals surface area (Å²) in [4.78, 5) is 8.64. The maximum atomic E-state index is 13.6. The molecule has 0 aliphatic heterocycles. The number of hydrogen-bond donors (Lipinski definition) is 2. The van der Waals surface area contributed by atoms with Crippen molar-refractivity contribution in [3.63, 3.8) is 0 Å². The summed E-state index contributed by atoms with van der Waals surface area (Å²) < 4.78 is 40.7. The van der Waals surface area contributed by atoms with Gasteiger partial charge in [-0.15, -0.1) is 0 Å². The number of fused-ring (bicyclic) bond motifs is 2. The van der Waals surface area contributed by atoms with E-state index in [-0.39, 0.29) is 29.8 Å². The van der Waals surface area contributed by atoms with Gasteiger partial charge in [0.15, 0.2) is 11.5 Å². The van der Waals surface area contributed by atoms with Crippen molar-refractivity contribution in [3.8, 4) is 11.3 Å². The predicted molar refractivity (Wildman–Crippen MR) is 109 cm³/mol. The van der Waals surface area contributed by atoms with Crippen molar-refractivity contribution < 1.29 is 31.7 Å². The Bertz CT molecular complexity index is 1380. The van der Waals surface area contributed by atoms with E-state index < -0.39 is 11.7 Å². The molecule has 0 fully saturated rings. The third-order valence-corrected chi connectivity index (χ3v) is 4.82. The summed E-state index contributed by atoms with van der Waals surface area (Å²) in [7, 11) is 0. The number of para-hydroxylation sites is 1. The number of nitrogens with zero attached hydrogens (tertiary/aromatic N) is 3. The molecule has 0 aliphatic carbocycles. The molecular weight excluding hydrogens is 442 g/mol. The molecule has 3 heterocycles. The quantitative estimate of drug-likeness (QED) is 0.353. The average molecular weight is 456 g/mol. The van der Waals surface area contributed by atoms with E-state index in [0.29, 0.717) is 22.5 Å². The van der Waals surface area contributed by atoms with Crippen LogP contribution in [0.15, 0.2) is 72.9 Å². The van der Waals surface area contributed by atoms with Gasteiger partial charge in [-0.2, -0.15) is 18.3 Å². The standard InChI is InChI=1S/C22H14F3N5.V/c23-22(24,25)16-9-3-1-6-13(16)18-12-19(15-8-5-11-26-20(15)27-18)28-21-14-7-2-4-10-17(14)29-30-21;/h1-12H,(H2,26,27,28,29,30);. The summed E-state index contributed by atoms with van der Waals surface area (Å²) in [6, 6.07) is 18.1. The maximum absolute atomic E-state index is 13.6. The Balaban J connectivity index is 0.00000231. The van der Waals surface area contributed by atoms with Crippen molar-refractivity contribution in [1.82, 2.24) is 20.2 Å². The summed E-state index contributed by atoms with van der Waals surface area (Å²) in [5, 5.41) is 12.0. The molecule has 0 aliphatic rings. The van der Waals surface area contributed by atoms with Gasteiger partial charge < -0.3 is 5.32 Å². The number of anilines is 2. The van der Waals surface area contributed by atoms with Crippen molar-refractivity contribution in [1.29, 1.82) is 0 Å². The van der Waals surface area contributed by atoms with E-state index in [4.69, 9.17) is 0 Å². The number of halogens is 3. The second kappa shape index (κ2) is 8.05. The van der Waals surface area contributed by atoms with Crippen LogP contribution in [0.5, 0.6) is 0 Å². The fourth-order valence-electron chi connectivity index (χ4n) is 3.44. The molecule has 9 heteroatoms. The zero-order chi connectivity index (χ0) is 20.7. The molecule has 31 heavy (non-hydrogen) atoms. The van der Waals surface area contributed by atoms with E-state index in [0.717, 1.165) is 17.0 Å². The summed E-state index contributed by atoms with van der Waals surface area (Å²) in [5.41, 5.74) is 1.18. The number of nitrogens with one attached hydrogen (secondary N) is 2. The SMILES string of the molecule is FC(F)(F)c1ccccc1-c1cc(Nc2n[nH]c3ccccc23)c2cccnc2n1.[V]. The van der Waals surface area contributed by atoms with Gasteiger partial charge in [-0.1, -0.05) is 30.3 Å². The molecule has 153 valence electrons. The van der Waals surface area contributed by atoms with E-state index in [9.17, 15) is 13.2 Å². The molecule has 0 spiro atoms. The first-order valence-corrected chi connectivity index (χ1v) is 9.13. The molecule has 5 rings (SSSR count). The second-order valence-electron chi connectivity index (χ2n) is 6.72. The van der Waals surface area contributed by atoms with E-state index in [2.05, 4.69) is 25.5 Å². The summed E-state index contributed by atoms with van der Waals surface area (Å²) in [5.74, 6) is 0.567. The summed E-state index contributed by atoms with van der Waals surface area (Å²) in [6.45, 7) is 0. The molecule has 1 radical (unpaired) electrons. The normalized spacial score (nSPS) is 11.5. The number of aromatic nitrogens is 4. The third kappa shape index (κ3) is 3.87. The Morgan fingerprint density at radius 1 is 0.871 bits per heavy atom. The van der Waals surface area contributed by atoms with Crippen LogP contribution in [0.4, 0.5) is 24.7 Å². The second-order valence-corrected chi connectivity index (χ2v) is 6.72. The first kappa shape index (κ1) is 20.9. The number of hydrogen-bond acceptors (Lipinski definition) is 4. The van der Waals surface area contributed by atoms with Gasteiger partial charge in [-0.3, -0.25) is 5.10 Å². The van der Waals surface area contributed by atoms with Crippen molar-refractivity contribution in [2.24, 2.45) is 0 Å². The minimum Gasteiger partial charge on any atom is -0.338 e. The smallest absolute Gasteiger partial charge is 0.338 e. The summed E-state index contributed by atoms with van der Waals surface area (Å²) in [6.07, 6.45) is -2.94.